The summed E-state index contributed by atoms with van der Waals surface area (Å²) in [4.78, 5) is 3.94. The van der Waals surface area contributed by atoms with Crippen LogP contribution < -0.4 is 10.1 Å². The van der Waals surface area contributed by atoms with Crippen molar-refractivity contribution in [2.75, 3.05) is 7.05 Å². The molecule has 0 saturated heterocycles. The summed E-state index contributed by atoms with van der Waals surface area (Å²) in [6.07, 6.45) is 1.13. The fourth-order valence-corrected chi connectivity index (χ4v) is 1.62. The van der Waals surface area contributed by atoms with Crippen LogP contribution in [0.15, 0.2) is 36.5 Å². The Bertz CT molecular complexity index is 531. The van der Waals surface area contributed by atoms with E-state index in [-0.39, 0.29) is 5.82 Å². The van der Waals surface area contributed by atoms with Crippen molar-refractivity contribution in [2.24, 2.45) is 0 Å². The molecular weight excluding hydrogens is 255 g/mol. The Kier molecular flexibility index (Phi) is 4.12. The third kappa shape index (κ3) is 3.18. The maximum absolute atomic E-state index is 13.1. The summed E-state index contributed by atoms with van der Waals surface area (Å²) < 4.78 is 18.7. The number of hydrogen-bond acceptors (Lipinski definition) is 3. The van der Waals surface area contributed by atoms with Gasteiger partial charge >= 0.3 is 0 Å². The molecule has 0 spiro atoms. The molecule has 0 aliphatic rings. The van der Waals surface area contributed by atoms with Crippen molar-refractivity contribution in [3.05, 3.63) is 52.9 Å². The molecule has 0 unspecified atom stereocenters. The quantitative estimate of drug-likeness (QED) is 0.921. The first-order chi connectivity index (χ1) is 8.69. The molecule has 1 heterocycles. The molecule has 3 nitrogen and oxygen atoms in total. The third-order valence-corrected chi connectivity index (χ3v) is 2.54. The van der Waals surface area contributed by atoms with Gasteiger partial charge in [-0.2, -0.15) is 0 Å². The molecule has 0 bridgehead atoms. The number of halogens is 2. The maximum atomic E-state index is 13.1. The summed E-state index contributed by atoms with van der Waals surface area (Å²) >= 11 is 5.79. The van der Waals surface area contributed by atoms with Crippen LogP contribution in [0.2, 0.25) is 5.02 Å². The second kappa shape index (κ2) is 5.80. The number of benzene rings is 1. The Morgan fingerprint density at radius 1 is 1.33 bits per heavy atom. The fraction of sp³-hybridized carbons (Fsp3) is 0.154. The largest absolute Gasteiger partial charge is 0.439 e. The number of aromatic nitrogens is 1. The number of nitrogens with one attached hydrogen (secondary N) is 1. The number of nitrogens with zero attached hydrogens (tertiary/aromatic N) is 1. The number of hydrogen-bond donors (Lipinski definition) is 1. The zero-order chi connectivity index (χ0) is 13.0. The van der Waals surface area contributed by atoms with Gasteiger partial charge in [-0.05, 0) is 37.4 Å². The number of pyridine rings is 1. The van der Waals surface area contributed by atoms with Crippen LogP contribution in [-0.4, -0.2) is 12.0 Å². The van der Waals surface area contributed by atoms with Gasteiger partial charge in [-0.25, -0.2) is 9.37 Å². The Labute approximate surface area is 110 Å². The lowest BCUT2D eigenvalue weighted by molar-refractivity contribution is 0.450. The minimum Gasteiger partial charge on any atom is -0.439 e. The van der Waals surface area contributed by atoms with Crippen LogP contribution in [0, 0.1) is 5.82 Å². The monoisotopic (exact) mass is 266 g/mol. The Morgan fingerprint density at radius 3 is 2.72 bits per heavy atom. The van der Waals surface area contributed by atoms with Crippen molar-refractivity contribution in [1.82, 2.24) is 10.3 Å². The van der Waals surface area contributed by atoms with E-state index in [1.807, 2.05) is 0 Å². The third-order valence-electron chi connectivity index (χ3n) is 2.29. The molecule has 2 aromatic rings. The molecule has 0 amide bonds. The van der Waals surface area contributed by atoms with Crippen molar-refractivity contribution < 1.29 is 9.13 Å². The van der Waals surface area contributed by atoms with Gasteiger partial charge in [0, 0.05) is 17.1 Å². The maximum Gasteiger partial charge on any atom is 0.223 e. The fourth-order valence-electron chi connectivity index (χ4n) is 1.49. The first kappa shape index (κ1) is 12.8. The van der Waals surface area contributed by atoms with Gasteiger partial charge < -0.3 is 10.1 Å². The lowest BCUT2D eigenvalue weighted by Crippen LogP contribution is -2.07. The second-order valence-corrected chi connectivity index (χ2v) is 4.14. The first-order valence-electron chi connectivity index (χ1n) is 5.41. The summed E-state index contributed by atoms with van der Waals surface area (Å²) in [5.74, 6) is 0.604. The van der Waals surface area contributed by atoms with Gasteiger partial charge in [-0.3, -0.25) is 0 Å². The summed E-state index contributed by atoms with van der Waals surface area (Å²) in [5, 5.41) is 3.57. The van der Waals surface area contributed by atoms with Gasteiger partial charge in [0.1, 0.15) is 11.6 Å². The summed E-state index contributed by atoms with van der Waals surface area (Å²) in [6, 6.07) is 8.30. The summed E-state index contributed by atoms with van der Waals surface area (Å²) in [7, 11) is 1.77. The molecule has 1 aromatic carbocycles. The zero-order valence-electron chi connectivity index (χ0n) is 9.78. The average molecular weight is 267 g/mol. The van der Waals surface area contributed by atoms with Crippen LogP contribution in [0.3, 0.4) is 0 Å². The number of ether oxygens (including phenoxy) is 1. The summed E-state index contributed by atoms with van der Waals surface area (Å²) in [6.45, 7) is 0.480. The lowest BCUT2D eigenvalue weighted by atomic mass is 10.2. The molecule has 0 radical (unpaired) electrons. The predicted molar refractivity (Wildman–Crippen MR) is 68.5 cm³/mol. The van der Waals surface area contributed by atoms with E-state index < -0.39 is 0 Å². The van der Waals surface area contributed by atoms with Crippen molar-refractivity contribution >= 4 is 11.6 Å². The Balaban J connectivity index is 2.25. The van der Waals surface area contributed by atoms with Gasteiger partial charge in [-0.15, -0.1) is 0 Å². The highest BCUT2D eigenvalue weighted by molar-refractivity contribution is 6.30. The average Bonchev–Trinajstić information content (AvgIpc) is 2.36. The SMILES string of the molecule is CNCc1cc(F)cnc1Oc1ccc(Cl)cc1. The minimum atomic E-state index is -0.385. The van der Waals surface area contributed by atoms with E-state index in [0.717, 1.165) is 6.20 Å². The first-order valence-corrected chi connectivity index (χ1v) is 5.79. The molecule has 0 aliphatic heterocycles. The van der Waals surface area contributed by atoms with Crippen molar-refractivity contribution in [1.29, 1.82) is 0 Å². The van der Waals surface area contributed by atoms with Crippen LogP contribution in [0.5, 0.6) is 11.6 Å². The van der Waals surface area contributed by atoms with Gasteiger partial charge in [-0.1, -0.05) is 11.6 Å². The van der Waals surface area contributed by atoms with Crippen LogP contribution in [0.4, 0.5) is 4.39 Å². The highest BCUT2D eigenvalue weighted by Gasteiger charge is 2.07. The van der Waals surface area contributed by atoms with Crippen molar-refractivity contribution in [2.45, 2.75) is 6.54 Å². The standard InChI is InChI=1S/C13H12ClFN2O/c1-16-7-9-6-11(15)8-17-13(9)18-12-4-2-10(14)3-5-12/h2-6,8,16H,7H2,1H3. The van der Waals surface area contributed by atoms with E-state index >= 15 is 0 Å². The van der Waals surface area contributed by atoms with E-state index in [0.29, 0.717) is 28.8 Å². The van der Waals surface area contributed by atoms with Crippen molar-refractivity contribution in [3.8, 4) is 11.6 Å². The molecule has 1 aromatic heterocycles. The highest BCUT2D eigenvalue weighted by atomic mass is 35.5. The molecule has 0 fully saturated rings. The predicted octanol–water partition coefficient (Wildman–Crippen LogP) is 3.39. The van der Waals surface area contributed by atoms with Gasteiger partial charge in [0.2, 0.25) is 5.88 Å². The molecule has 94 valence electrons. The lowest BCUT2D eigenvalue weighted by Gasteiger charge is -2.09. The normalized spacial score (nSPS) is 10.4. The zero-order valence-corrected chi connectivity index (χ0v) is 10.5. The molecule has 0 aliphatic carbocycles. The summed E-state index contributed by atoms with van der Waals surface area (Å²) in [5.41, 5.74) is 0.660. The molecular formula is C13H12ClFN2O. The van der Waals surface area contributed by atoms with E-state index in [1.54, 1.807) is 31.3 Å². The van der Waals surface area contributed by atoms with Crippen LogP contribution in [-0.2, 0) is 6.54 Å². The molecule has 2 rings (SSSR count). The Morgan fingerprint density at radius 2 is 2.06 bits per heavy atom. The molecule has 1 N–H and O–H groups in total. The van der Waals surface area contributed by atoms with E-state index in [1.165, 1.54) is 6.07 Å². The van der Waals surface area contributed by atoms with Crippen LogP contribution >= 0.6 is 11.6 Å². The van der Waals surface area contributed by atoms with E-state index in [9.17, 15) is 4.39 Å². The van der Waals surface area contributed by atoms with E-state index in [4.69, 9.17) is 16.3 Å². The smallest absolute Gasteiger partial charge is 0.223 e. The number of rotatable bonds is 4. The Hall–Kier alpha value is -1.65. The van der Waals surface area contributed by atoms with E-state index in [2.05, 4.69) is 10.3 Å². The minimum absolute atomic E-state index is 0.382. The van der Waals surface area contributed by atoms with Gasteiger partial charge in [0.05, 0.1) is 6.20 Å². The van der Waals surface area contributed by atoms with Gasteiger partial charge in [0.25, 0.3) is 0 Å². The topological polar surface area (TPSA) is 34.2 Å². The second-order valence-electron chi connectivity index (χ2n) is 3.70. The van der Waals surface area contributed by atoms with Crippen LogP contribution in [0.25, 0.3) is 0 Å². The highest BCUT2D eigenvalue weighted by Crippen LogP contribution is 2.24. The molecule has 0 atom stereocenters. The van der Waals surface area contributed by atoms with Crippen molar-refractivity contribution in [3.63, 3.8) is 0 Å². The molecule has 18 heavy (non-hydrogen) atoms. The van der Waals surface area contributed by atoms with Gasteiger partial charge in [0.15, 0.2) is 0 Å². The van der Waals surface area contributed by atoms with Crippen LogP contribution in [0.1, 0.15) is 5.56 Å². The molecule has 5 heteroatoms. The molecule has 0 saturated carbocycles.